The molecule has 0 saturated carbocycles. The van der Waals surface area contributed by atoms with E-state index in [4.69, 9.17) is 18.9 Å². The highest BCUT2D eigenvalue weighted by molar-refractivity contribution is 5.76. The molecule has 0 spiro atoms. The van der Waals surface area contributed by atoms with Crippen LogP contribution >= 0.6 is 0 Å². The van der Waals surface area contributed by atoms with E-state index in [2.05, 4.69) is 147 Å². The number of unbranched alkanes of at least 4 members (excludes halogenated alkanes) is 3. The topological polar surface area (TPSA) is 228 Å². The fraction of sp³-hybridized carbons (Fsp3) is 0.576. The van der Waals surface area contributed by atoms with Crippen LogP contribution in [-0.4, -0.2) is 140 Å². The number of carbonyl (C=O) groups excluding carboxylic acids is 1. The lowest BCUT2D eigenvalue weighted by molar-refractivity contribution is -0.359. The first-order valence-corrected chi connectivity index (χ1v) is 26.6. The number of hydrogen-bond donors (Lipinski definition) is 9. The van der Waals surface area contributed by atoms with Gasteiger partial charge in [-0.1, -0.05) is 160 Å². The van der Waals surface area contributed by atoms with Gasteiger partial charge in [0.1, 0.15) is 48.8 Å². The summed E-state index contributed by atoms with van der Waals surface area (Å²) in [6, 6.07) is -0.978. The van der Waals surface area contributed by atoms with E-state index in [0.29, 0.717) is 19.3 Å². The van der Waals surface area contributed by atoms with Gasteiger partial charge in [-0.15, -0.1) is 0 Å². The van der Waals surface area contributed by atoms with Gasteiger partial charge in [-0.05, 0) is 103 Å². The molecule has 73 heavy (non-hydrogen) atoms. The molecule has 0 aromatic carbocycles. The van der Waals surface area contributed by atoms with Gasteiger partial charge in [0.2, 0.25) is 5.91 Å². The quantitative estimate of drug-likeness (QED) is 0.0213. The molecule has 410 valence electrons. The average Bonchev–Trinajstić information content (AvgIpc) is 3.39. The monoisotopic (exact) mass is 1020 g/mol. The minimum absolute atomic E-state index is 0.178. The normalized spacial score (nSPS) is 26.6. The molecule has 0 aliphatic carbocycles. The van der Waals surface area contributed by atoms with Gasteiger partial charge in [0.15, 0.2) is 12.6 Å². The van der Waals surface area contributed by atoms with Crippen LogP contribution < -0.4 is 5.32 Å². The van der Waals surface area contributed by atoms with Gasteiger partial charge in [0.05, 0.1) is 32.0 Å². The Labute approximate surface area is 436 Å². The van der Waals surface area contributed by atoms with Crippen LogP contribution in [0.4, 0.5) is 0 Å². The first-order valence-electron chi connectivity index (χ1n) is 26.6. The Balaban J connectivity index is 1.78. The molecule has 14 heteroatoms. The molecule has 14 nitrogen and oxygen atoms in total. The minimum Gasteiger partial charge on any atom is -0.394 e. The van der Waals surface area contributed by atoms with Crippen LogP contribution in [0.3, 0.4) is 0 Å². The predicted molar refractivity (Wildman–Crippen MR) is 290 cm³/mol. The first-order chi connectivity index (χ1) is 35.6. The lowest BCUT2D eigenvalue weighted by atomic mass is 9.97. The Morgan fingerprint density at radius 2 is 0.890 bits per heavy atom. The molecule has 0 aromatic heterocycles. The second-order valence-corrected chi connectivity index (χ2v) is 17.9. The van der Waals surface area contributed by atoms with Crippen molar-refractivity contribution in [1.29, 1.82) is 0 Å². The molecule has 12 unspecified atom stereocenters. The number of aliphatic hydroxyl groups excluding tert-OH is 8. The maximum Gasteiger partial charge on any atom is 0.220 e. The molecule has 2 aliphatic heterocycles. The van der Waals surface area contributed by atoms with Gasteiger partial charge >= 0.3 is 0 Å². The maximum atomic E-state index is 13.1. The third-order valence-electron chi connectivity index (χ3n) is 11.7. The second kappa shape index (κ2) is 43.1. The lowest BCUT2D eigenvalue weighted by Crippen LogP contribution is -2.65. The second-order valence-electron chi connectivity index (χ2n) is 17.9. The van der Waals surface area contributed by atoms with E-state index in [-0.39, 0.29) is 18.9 Å². The van der Waals surface area contributed by atoms with Gasteiger partial charge in [-0.2, -0.15) is 0 Å². The summed E-state index contributed by atoms with van der Waals surface area (Å²) < 4.78 is 22.6. The van der Waals surface area contributed by atoms with E-state index >= 15 is 0 Å². The molecule has 12 atom stereocenters. The Morgan fingerprint density at radius 3 is 1.37 bits per heavy atom. The van der Waals surface area contributed by atoms with Crippen molar-refractivity contribution >= 4 is 5.91 Å². The number of aliphatic hydroxyl groups is 8. The van der Waals surface area contributed by atoms with Gasteiger partial charge in [0.25, 0.3) is 0 Å². The Bertz CT molecular complexity index is 1780. The van der Waals surface area contributed by atoms with Crippen LogP contribution in [0, 0.1) is 0 Å². The van der Waals surface area contributed by atoms with Crippen molar-refractivity contribution in [3.63, 3.8) is 0 Å². The molecule has 2 saturated heterocycles. The number of hydrogen-bond acceptors (Lipinski definition) is 13. The average molecular weight is 1020 g/mol. The van der Waals surface area contributed by atoms with Gasteiger partial charge in [-0.3, -0.25) is 4.79 Å². The van der Waals surface area contributed by atoms with Crippen molar-refractivity contribution in [1.82, 2.24) is 5.32 Å². The smallest absolute Gasteiger partial charge is 0.220 e. The molecule has 0 radical (unpaired) electrons. The molecule has 2 aliphatic rings. The lowest BCUT2D eigenvalue weighted by Gasteiger charge is -2.46. The number of amides is 1. The fourth-order valence-corrected chi connectivity index (χ4v) is 7.50. The number of rotatable bonds is 38. The van der Waals surface area contributed by atoms with Gasteiger partial charge < -0.3 is 65.1 Å². The Kier molecular flexibility index (Phi) is 38.4. The third kappa shape index (κ3) is 29.5. The summed E-state index contributed by atoms with van der Waals surface area (Å²) in [5.41, 5.74) is 0. The van der Waals surface area contributed by atoms with Crippen LogP contribution in [0.5, 0.6) is 0 Å². The highest BCUT2D eigenvalue weighted by atomic mass is 16.7. The molecule has 2 heterocycles. The van der Waals surface area contributed by atoms with Crippen molar-refractivity contribution < 1.29 is 64.6 Å². The molecule has 0 aromatic rings. The van der Waals surface area contributed by atoms with Crippen molar-refractivity contribution in [2.75, 3.05) is 19.8 Å². The van der Waals surface area contributed by atoms with E-state index in [0.717, 1.165) is 83.5 Å². The molecule has 9 N–H and O–H groups in total. The minimum atomic E-state index is -1.80. The van der Waals surface area contributed by atoms with Crippen molar-refractivity contribution in [3.8, 4) is 0 Å². The van der Waals surface area contributed by atoms with Crippen molar-refractivity contribution in [2.45, 2.75) is 197 Å². The molecule has 2 rings (SSSR count). The standard InChI is InChI=1S/C59H91NO13/c1-3-5-7-9-11-13-15-16-17-18-19-20-21-22-23-24-25-26-27-28-29-30-31-32-33-35-37-39-41-43-51(64)60-47(48(63)42-40-38-36-34-14-12-10-8-6-4-2)46-70-58-56(69)54(67)57(50(45-62)72-58)73-59-55(68)53(66)52(65)49(44-61)71-59/h5-8,11,13-14,16-17,19-20,22-23,25-26,28-29,31-32,34-35,37,40,42,47-50,52-59,61-63,65-69H,3-4,9-10,12,15,18,21,24,27,30,33,36,38-39,41,43-46H2,1-2H3,(H,60,64)/b7-5-,8-6+,13-11-,17-16-,20-19-,23-22-,26-25-,29-28-,32-31-,34-14+,37-35-,42-40+. The van der Waals surface area contributed by atoms with E-state index in [1.165, 1.54) is 0 Å². The zero-order valence-corrected chi connectivity index (χ0v) is 43.5. The summed E-state index contributed by atoms with van der Waals surface area (Å²) in [6.45, 7) is 2.43. The van der Waals surface area contributed by atoms with Crippen LogP contribution in [-0.2, 0) is 23.7 Å². The van der Waals surface area contributed by atoms with Crippen LogP contribution in [0.1, 0.15) is 123 Å². The van der Waals surface area contributed by atoms with Crippen LogP contribution in [0.25, 0.3) is 0 Å². The molecule has 0 bridgehead atoms. The van der Waals surface area contributed by atoms with Crippen molar-refractivity contribution in [3.05, 3.63) is 146 Å². The zero-order valence-electron chi connectivity index (χ0n) is 43.5. The molecule has 2 fully saturated rings. The summed E-state index contributed by atoms with van der Waals surface area (Å²) in [6.07, 6.45) is 47.7. The van der Waals surface area contributed by atoms with E-state index < -0.39 is 86.8 Å². The van der Waals surface area contributed by atoms with Crippen LogP contribution in [0.2, 0.25) is 0 Å². The number of nitrogens with one attached hydrogen (secondary N) is 1. The van der Waals surface area contributed by atoms with E-state index in [9.17, 15) is 45.6 Å². The molecular weight excluding hydrogens is 931 g/mol. The highest BCUT2D eigenvalue weighted by Gasteiger charge is 2.51. The number of ether oxygens (including phenoxy) is 4. The van der Waals surface area contributed by atoms with Gasteiger partial charge in [0, 0.05) is 6.42 Å². The fourth-order valence-electron chi connectivity index (χ4n) is 7.50. The maximum absolute atomic E-state index is 13.1. The highest BCUT2D eigenvalue weighted by Crippen LogP contribution is 2.30. The molecular formula is C59H91NO13. The summed E-state index contributed by atoms with van der Waals surface area (Å²) >= 11 is 0. The third-order valence-corrected chi connectivity index (χ3v) is 11.7. The Hall–Kier alpha value is -4.13. The van der Waals surface area contributed by atoms with Gasteiger partial charge in [-0.25, -0.2) is 0 Å². The SMILES string of the molecule is CC/C=C\C/C=C\C/C=C\C/C=C\C/C=C\C/C=C\C/C=C\C/C=C\C/C=C\CCCC(=O)NC(COC1OC(CO)C(OC2OC(CO)C(O)C(O)C2O)C(O)C1O)C(O)/C=C/CC/C=C/CC/C=C/CC. The zero-order chi connectivity index (χ0) is 53.2. The van der Waals surface area contributed by atoms with E-state index in [1.807, 2.05) is 12.2 Å². The number of allylic oxidation sites excluding steroid dienone is 23. The summed E-state index contributed by atoms with van der Waals surface area (Å²) in [5, 5.41) is 86.6. The molecule has 1 amide bonds. The predicted octanol–water partition coefficient (Wildman–Crippen LogP) is 7.82. The summed E-state index contributed by atoms with van der Waals surface area (Å²) in [4.78, 5) is 13.1. The number of carbonyl (C=O) groups is 1. The largest absolute Gasteiger partial charge is 0.394 e. The summed E-state index contributed by atoms with van der Waals surface area (Å²) in [7, 11) is 0. The first kappa shape index (κ1) is 65.0. The van der Waals surface area contributed by atoms with Crippen LogP contribution in [0.15, 0.2) is 146 Å². The van der Waals surface area contributed by atoms with Crippen molar-refractivity contribution in [2.24, 2.45) is 0 Å². The summed E-state index contributed by atoms with van der Waals surface area (Å²) in [5.74, 6) is -0.323. The Morgan fingerprint density at radius 1 is 0.493 bits per heavy atom. The van der Waals surface area contributed by atoms with E-state index in [1.54, 1.807) is 6.08 Å².